The van der Waals surface area contributed by atoms with E-state index in [4.69, 9.17) is 9.84 Å². The summed E-state index contributed by atoms with van der Waals surface area (Å²) in [5.74, 6) is -0.653. The van der Waals surface area contributed by atoms with Crippen LogP contribution in [0.1, 0.15) is 11.1 Å². The zero-order valence-corrected chi connectivity index (χ0v) is 8.15. The summed E-state index contributed by atoms with van der Waals surface area (Å²) in [6.45, 7) is 1.97. The van der Waals surface area contributed by atoms with Gasteiger partial charge in [0, 0.05) is 5.56 Å². The van der Waals surface area contributed by atoms with E-state index in [9.17, 15) is 4.79 Å². The minimum Gasteiger partial charge on any atom is -0.496 e. The quantitative estimate of drug-likeness (QED) is 0.589. The van der Waals surface area contributed by atoms with Gasteiger partial charge >= 0.3 is 5.97 Å². The summed E-state index contributed by atoms with van der Waals surface area (Å²) < 4.78 is 4.97. The van der Waals surface area contributed by atoms with Gasteiger partial charge in [0.05, 0.1) is 13.2 Å². The molecule has 0 saturated carbocycles. The molecule has 0 aliphatic heterocycles. The highest BCUT2D eigenvalue weighted by atomic mass is 16.5. The molecule has 0 saturated heterocycles. The molecule has 0 aliphatic rings. The van der Waals surface area contributed by atoms with E-state index in [0.717, 1.165) is 17.2 Å². The molecule has 1 aromatic rings. The molecule has 14 heavy (non-hydrogen) atoms. The molecular weight excluding hydrogens is 180 g/mol. The highest BCUT2D eigenvalue weighted by molar-refractivity contribution is 5.88. The lowest BCUT2D eigenvalue weighted by atomic mass is 10.1. The molecule has 1 aromatic carbocycles. The Balaban J connectivity index is 3.01. The third-order valence-corrected chi connectivity index (χ3v) is 1.81. The van der Waals surface area contributed by atoms with Crippen molar-refractivity contribution in [3.05, 3.63) is 41.5 Å². The van der Waals surface area contributed by atoms with Crippen LogP contribution in [0.25, 0.3) is 5.76 Å². The van der Waals surface area contributed by atoms with Crippen molar-refractivity contribution < 1.29 is 14.6 Å². The maximum absolute atomic E-state index is 10.5. The Bertz CT molecular complexity index is 349. The first-order valence-corrected chi connectivity index (χ1v) is 4.19. The average molecular weight is 192 g/mol. The zero-order chi connectivity index (χ0) is 10.6. The average Bonchev–Trinajstić information content (AvgIpc) is 2.15. The lowest BCUT2D eigenvalue weighted by Gasteiger charge is -2.05. The number of benzene rings is 1. The number of hydrogen-bond acceptors (Lipinski definition) is 2. The molecule has 0 aromatic heterocycles. The van der Waals surface area contributed by atoms with Gasteiger partial charge in [0.1, 0.15) is 5.76 Å². The van der Waals surface area contributed by atoms with E-state index in [0.29, 0.717) is 5.76 Å². The molecule has 0 amide bonds. The molecule has 0 fully saturated rings. The third-order valence-electron chi connectivity index (χ3n) is 1.81. The van der Waals surface area contributed by atoms with Crippen LogP contribution < -0.4 is 0 Å². The van der Waals surface area contributed by atoms with Crippen molar-refractivity contribution in [2.24, 2.45) is 0 Å². The Morgan fingerprint density at radius 1 is 1.36 bits per heavy atom. The molecular formula is C11H12O3. The molecule has 0 heterocycles. The molecule has 74 valence electrons. The number of carbonyl (C=O) groups is 1. The fraction of sp³-hybridized carbons (Fsp3) is 0.182. The normalized spacial score (nSPS) is 11.1. The summed E-state index contributed by atoms with van der Waals surface area (Å²) >= 11 is 0. The fourth-order valence-corrected chi connectivity index (χ4v) is 1.09. The smallest absolute Gasteiger partial charge is 0.332 e. The van der Waals surface area contributed by atoms with Gasteiger partial charge in [-0.3, -0.25) is 0 Å². The molecule has 0 radical (unpaired) electrons. The molecule has 0 spiro atoms. The number of aryl methyl sites for hydroxylation is 1. The molecule has 0 aliphatic carbocycles. The van der Waals surface area contributed by atoms with Gasteiger partial charge in [-0.15, -0.1) is 0 Å². The van der Waals surface area contributed by atoms with Crippen LogP contribution in [0.15, 0.2) is 30.3 Å². The monoisotopic (exact) mass is 192 g/mol. The third kappa shape index (κ3) is 2.62. The predicted octanol–water partition coefficient (Wildman–Crippen LogP) is 2.07. The van der Waals surface area contributed by atoms with Crippen molar-refractivity contribution >= 4 is 11.7 Å². The van der Waals surface area contributed by atoms with Crippen molar-refractivity contribution in [3.63, 3.8) is 0 Å². The molecule has 0 unspecified atom stereocenters. The number of carboxylic acid groups (broad SMARTS) is 1. The summed E-state index contributed by atoms with van der Waals surface area (Å²) in [7, 11) is 1.45. The summed E-state index contributed by atoms with van der Waals surface area (Å²) in [4.78, 5) is 10.5. The van der Waals surface area contributed by atoms with Gasteiger partial charge in [0.15, 0.2) is 0 Å². The Morgan fingerprint density at radius 3 is 2.36 bits per heavy atom. The van der Waals surface area contributed by atoms with Crippen molar-refractivity contribution in [2.75, 3.05) is 7.11 Å². The second-order valence-electron chi connectivity index (χ2n) is 2.92. The lowest BCUT2D eigenvalue weighted by molar-refractivity contribution is -0.131. The number of methoxy groups -OCH3 is 1. The molecule has 1 N–H and O–H groups in total. The van der Waals surface area contributed by atoms with E-state index in [1.807, 2.05) is 31.2 Å². The van der Waals surface area contributed by atoms with Crippen LogP contribution in [0.3, 0.4) is 0 Å². The fourth-order valence-electron chi connectivity index (χ4n) is 1.09. The minimum absolute atomic E-state index is 0.359. The molecule has 3 heteroatoms. The number of aliphatic carboxylic acids is 1. The Morgan fingerprint density at radius 2 is 1.93 bits per heavy atom. The maximum atomic E-state index is 10.5. The van der Waals surface area contributed by atoms with Crippen LogP contribution >= 0.6 is 0 Å². The van der Waals surface area contributed by atoms with Crippen LogP contribution in [0.2, 0.25) is 0 Å². The number of carboxylic acids is 1. The largest absolute Gasteiger partial charge is 0.496 e. The van der Waals surface area contributed by atoms with Crippen molar-refractivity contribution in [3.8, 4) is 0 Å². The van der Waals surface area contributed by atoms with Gasteiger partial charge in [-0.1, -0.05) is 29.8 Å². The van der Waals surface area contributed by atoms with E-state index in [1.54, 1.807) is 0 Å². The van der Waals surface area contributed by atoms with Gasteiger partial charge in [-0.05, 0) is 6.92 Å². The second-order valence-corrected chi connectivity index (χ2v) is 2.92. The Labute approximate surface area is 82.6 Å². The predicted molar refractivity (Wildman–Crippen MR) is 53.8 cm³/mol. The van der Waals surface area contributed by atoms with E-state index in [2.05, 4.69) is 0 Å². The lowest BCUT2D eigenvalue weighted by Crippen LogP contribution is -1.94. The van der Waals surface area contributed by atoms with Crippen LogP contribution in [0.5, 0.6) is 0 Å². The van der Waals surface area contributed by atoms with Crippen molar-refractivity contribution in [2.45, 2.75) is 6.92 Å². The maximum Gasteiger partial charge on any atom is 0.332 e. The van der Waals surface area contributed by atoms with Gasteiger partial charge in [-0.25, -0.2) is 4.79 Å². The summed E-state index contributed by atoms with van der Waals surface area (Å²) in [5.41, 5.74) is 1.89. The number of rotatable bonds is 3. The highest BCUT2D eigenvalue weighted by Crippen LogP contribution is 2.15. The topological polar surface area (TPSA) is 46.5 Å². The van der Waals surface area contributed by atoms with Crippen molar-refractivity contribution in [1.82, 2.24) is 0 Å². The highest BCUT2D eigenvalue weighted by Gasteiger charge is 2.02. The summed E-state index contributed by atoms with van der Waals surface area (Å²) in [6, 6.07) is 7.47. The van der Waals surface area contributed by atoms with Crippen LogP contribution in [-0.2, 0) is 9.53 Å². The molecule has 0 bridgehead atoms. The van der Waals surface area contributed by atoms with E-state index in [1.165, 1.54) is 7.11 Å². The number of hydrogen-bond donors (Lipinski definition) is 1. The first kappa shape index (κ1) is 10.3. The molecule has 1 rings (SSSR count). The zero-order valence-electron chi connectivity index (χ0n) is 8.15. The van der Waals surface area contributed by atoms with Crippen molar-refractivity contribution in [1.29, 1.82) is 0 Å². The first-order chi connectivity index (χ1) is 6.63. The molecule has 3 nitrogen and oxygen atoms in total. The summed E-state index contributed by atoms with van der Waals surface area (Å²) in [6.07, 6.45) is 1.05. The van der Waals surface area contributed by atoms with Crippen LogP contribution in [0, 0.1) is 6.92 Å². The first-order valence-electron chi connectivity index (χ1n) is 4.19. The molecule has 0 atom stereocenters. The minimum atomic E-state index is -1.01. The standard InChI is InChI=1S/C11H12O3/c1-8-3-5-9(6-4-8)10(14-2)7-11(12)13/h3-7H,1-2H3,(H,12,13). The van der Waals surface area contributed by atoms with Gasteiger partial charge in [0.2, 0.25) is 0 Å². The van der Waals surface area contributed by atoms with E-state index < -0.39 is 5.97 Å². The Kier molecular flexibility index (Phi) is 3.29. The van der Waals surface area contributed by atoms with Crippen LogP contribution in [-0.4, -0.2) is 18.2 Å². The second kappa shape index (κ2) is 4.46. The van der Waals surface area contributed by atoms with Gasteiger partial charge < -0.3 is 9.84 Å². The van der Waals surface area contributed by atoms with E-state index in [-0.39, 0.29) is 0 Å². The number of ether oxygens (including phenoxy) is 1. The SMILES string of the molecule is COC(=CC(=O)O)c1ccc(C)cc1. The Hall–Kier alpha value is -1.77. The summed E-state index contributed by atoms with van der Waals surface area (Å²) in [5, 5.41) is 8.57. The van der Waals surface area contributed by atoms with E-state index >= 15 is 0 Å². The van der Waals surface area contributed by atoms with Gasteiger partial charge in [0.25, 0.3) is 0 Å². The van der Waals surface area contributed by atoms with Gasteiger partial charge in [-0.2, -0.15) is 0 Å². The van der Waals surface area contributed by atoms with Crippen LogP contribution in [0.4, 0.5) is 0 Å².